The maximum Gasteiger partial charge on any atom is 0.237 e. The van der Waals surface area contributed by atoms with Gasteiger partial charge in [0, 0.05) is 6.54 Å². The lowest BCUT2D eigenvalue weighted by atomic mass is 9.90. The van der Waals surface area contributed by atoms with E-state index in [2.05, 4.69) is 31.4 Å². The van der Waals surface area contributed by atoms with E-state index < -0.39 is 0 Å². The summed E-state index contributed by atoms with van der Waals surface area (Å²) in [6.45, 7) is 8.28. The highest BCUT2D eigenvalue weighted by Gasteiger charge is 2.22. The van der Waals surface area contributed by atoms with Gasteiger partial charge in [0.1, 0.15) is 0 Å². The SMILES string of the molecule is CCC(C)(C)CNC(=O)[C@H]1CCCCN1. The molecule has 88 valence electrons. The zero-order chi connectivity index (χ0) is 11.3. The Morgan fingerprint density at radius 2 is 2.20 bits per heavy atom. The molecule has 15 heavy (non-hydrogen) atoms. The first-order valence-electron chi connectivity index (χ1n) is 6.06. The van der Waals surface area contributed by atoms with Crippen molar-refractivity contribution < 1.29 is 4.79 Å². The Balaban J connectivity index is 2.28. The van der Waals surface area contributed by atoms with Gasteiger partial charge < -0.3 is 10.6 Å². The molecule has 1 atom stereocenters. The number of hydrogen-bond donors (Lipinski definition) is 2. The van der Waals surface area contributed by atoms with Crippen LogP contribution in [0.25, 0.3) is 0 Å². The van der Waals surface area contributed by atoms with Crippen LogP contribution in [-0.2, 0) is 4.79 Å². The maximum atomic E-state index is 11.8. The molecule has 1 heterocycles. The molecule has 1 aliphatic rings. The summed E-state index contributed by atoms with van der Waals surface area (Å²) in [4.78, 5) is 11.8. The van der Waals surface area contributed by atoms with Gasteiger partial charge in [-0.25, -0.2) is 0 Å². The molecule has 0 aromatic rings. The van der Waals surface area contributed by atoms with Gasteiger partial charge in [0.25, 0.3) is 0 Å². The Hall–Kier alpha value is -0.570. The molecule has 0 spiro atoms. The molecule has 0 unspecified atom stereocenters. The maximum absolute atomic E-state index is 11.8. The van der Waals surface area contributed by atoms with Crippen molar-refractivity contribution in [1.82, 2.24) is 10.6 Å². The van der Waals surface area contributed by atoms with Crippen molar-refractivity contribution in [3.8, 4) is 0 Å². The smallest absolute Gasteiger partial charge is 0.237 e. The number of amides is 1. The largest absolute Gasteiger partial charge is 0.354 e. The zero-order valence-electron chi connectivity index (χ0n) is 10.2. The van der Waals surface area contributed by atoms with Crippen LogP contribution in [0.1, 0.15) is 46.5 Å². The molecular formula is C12H24N2O. The van der Waals surface area contributed by atoms with Crippen molar-refractivity contribution in [3.63, 3.8) is 0 Å². The molecule has 0 bridgehead atoms. The standard InChI is InChI=1S/C12H24N2O/c1-4-12(2,3)9-14-11(15)10-7-5-6-8-13-10/h10,13H,4-9H2,1-3H3,(H,14,15)/t10-/m1/s1. The zero-order valence-corrected chi connectivity index (χ0v) is 10.2. The summed E-state index contributed by atoms with van der Waals surface area (Å²) in [5, 5.41) is 6.30. The van der Waals surface area contributed by atoms with E-state index in [9.17, 15) is 4.79 Å². The van der Waals surface area contributed by atoms with Crippen molar-refractivity contribution >= 4 is 5.91 Å². The fourth-order valence-electron chi connectivity index (χ4n) is 1.65. The molecule has 3 heteroatoms. The van der Waals surface area contributed by atoms with Gasteiger partial charge in [0.05, 0.1) is 6.04 Å². The molecular weight excluding hydrogens is 188 g/mol. The second-order valence-corrected chi connectivity index (χ2v) is 5.24. The van der Waals surface area contributed by atoms with Crippen LogP contribution in [0.4, 0.5) is 0 Å². The van der Waals surface area contributed by atoms with Gasteiger partial charge in [0.15, 0.2) is 0 Å². The predicted octanol–water partition coefficient (Wildman–Crippen LogP) is 1.68. The van der Waals surface area contributed by atoms with E-state index in [1.807, 2.05) is 0 Å². The highest BCUT2D eigenvalue weighted by Crippen LogP contribution is 2.18. The second kappa shape index (κ2) is 5.50. The van der Waals surface area contributed by atoms with Crippen LogP contribution in [0.15, 0.2) is 0 Å². The van der Waals surface area contributed by atoms with Crippen molar-refractivity contribution in [2.45, 2.75) is 52.5 Å². The van der Waals surface area contributed by atoms with Gasteiger partial charge in [-0.2, -0.15) is 0 Å². The number of hydrogen-bond acceptors (Lipinski definition) is 2. The quantitative estimate of drug-likeness (QED) is 0.744. The first-order valence-corrected chi connectivity index (χ1v) is 6.06. The lowest BCUT2D eigenvalue weighted by Gasteiger charge is -2.27. The highest BCUT2D eigenvalue weighted by atomic mass is 16.2. The Bertz CT molecular complexity index is 208. The fraction of sp³-hybridized carbons (Fsp3) is 0.917. The van der Waals surface area contributed by atoms with Gasteiger partial charge in [-0.15, -0.1) is 0 Å². The molecule has 1 fully saturated rings. The number of nitrogens with one attached hydrogen (secondary N) is 2. The van der Waals surface area contributed by atoms with Crippen LogP contribution in [0.5, 0.6) is 0 Å². The number of carbonyl (C=O) groups excluding carboxylic acids is 1. The summed E-state index contributed by atoms with van der Waals surface area (Å²) in [6, 6.07) is 0.0476. The highest BCUT2D eigenvalue weighted by molar-refractivity contribution is 5.81. The summed E-state index contributed by atoms with van der Waals surface area (Å²) in [6.07, 6.45) is 4.44. The van der Waals surface area contributed by atoms with E-state index in [-0.39, 0.29) is 17.4 Å². The van der Waals surface area contributed by atoms with Crippen molar-refractivity contribution in [1.29, 1.82) is 0 Å². The van der Waals surface area contributed by atoms with E-state index in [0.717, 1.165) is 25.9 Å². The minimum absolute atomic E-state index is 0.0476. The average Bonchev–Trinajstić information content (AvgIpc) is 2.27. The molecule has 1 amide bonds. The van der Waals surface area contributed by atoms with Crippen LogP contribution in [0, 0.1) is 5.41 Å². The van der Waals surface area contributed by atoms with Crippen LogP contribution >= 0.6 is 0 Å². The fourth-order valence-corrected chi connectivity index (χ4v) is 1.65. The minimum Gasteiger partial charge on any atom is -0.354 e. The van der Waals surface area contributed by atoms with E-state index in [0.29, 0.717) is 0 Å². The van der Waals surface area contributed by atoms with Crippen LogP contribution in [0.3, 0.4) is 0 Å². The summed E-state index contributed by atoms with van der Waals surface area (Å²) in [5.41, 5.74) is 0.213. The molecule has 0 saturated carbocycles. The first kappa shape index (κ1) is 12.5. The lowest BCUT2D eigenvalue weighted by molar-refractivity contribution is -0.124. The minimum atomic E-state index is 0.0476. The third kappa shape index (κ3) is 4.20. The summed E-state index contributed by atoms with van der Waals surface area (Å²) < 4.78 is 0. The Morgan fingerprint density at radius 1 is 1.47 bits per heavy atom. The normalized spacial score (nSPS) is 22.5. The van der Waals surface area contributed by atoms with Crippen molar-refractivity contribution in [2.24, 2.45) is 5.41 Å². The van der Waals surface area contributed by atoms with Gasteiger partial charge in [0.2, 0.25) is 5.91 Å². The third-order valence-corrected chi connectivity index (χ3v) is 3.33. The molecule has 2 N–H and O–H groups in total. The molecule has 0 radical (unpaired) electrons. The molecule has 3 nitrogen and oxygen atoms in total. The van der Waals surface area contributed by atoms with Gasteiger partial charge in [-0.05, 0) is 31.2 Å². The average molecular weight is 212 g/mol. The van der Waals surface area contributed by atoms with E-state index in [4.69, 9.17) is 0 Å². The number of piperidine rings is 1. The number of rotatable bonds is 4. The summed E-state index contributed by atoms with van der Waals surface area (Å²) in [7, 11) is 0. The van der Waals surface area contributed by atoms with Gasteiger partial charge >= 0.3 is 0 Å². The molecule has 0 aliphatic carbocycles. The monoisotopic (exact) mass is 212 g/mol. The summed E-state index contributed by atoms with van der Waals surface area (Å²) in [5.74, 6) is 0.177. The molecule has 1 saturated heterocycles. The van der Waals surface area contributed by atoms with Gasteiger partial charge in [-0.1, -0.05) is 27.2 Å². The predicted molar refractivity (Wildman–Crippen MR) is 62.7 cm³/mol. The van der Waals surface area contributed by atoms with Crippen LogP contribution < -0.4 is 10.6 Å². The van der Waals surface area contributed by atoms with E-state index >= 15 is 0 Å². The third-order valence-electron chi connectivity index (χ3n) is 3.33. The van der Waals surface area contributed by atoms with E-state index in [1.54, 1.807) is 0 Å². The first-order chi connectivity index (χ1) is 7.05. The molecule has 1 aliphatic heterocycles. The Kier molecular flexibility index (Phi) is 4.58. The van der Waals surface area contributed by atoms with Crippen molar-refractivity contribution in [2.75, 3.05) is 13.1 Å². The summed E-state index contributed by atoms with van der Waals surface area (Å²) >= 11 is 0. The topological polar surface area (TPSA) is 41.1 Å². The van der Waals surface area contributed by atoms with Crippen LogP contribution in [-0.4, -0.2) is 25.0 Å². The molecule has 0 aromatic heterocycles. The molecule has 1 rings (SSSR count). The van der Waals surface area contributed by atoms with E-state index in [1.165, 1.54) is 12.8 Å². The molecule has 0 aromatic carbocycles. The Labute approximate surface area is 93.0 Å². The second-order valence-electron chi connectivity index (χ2n) is 5.24. The van der Waals surface area contributed by atoms with Crippen LogP contribution in [0.2, 0.25) is 0 Å². The Morgan fingerprint density at radius 3 is 2.73 bits per heavy atom. The van der Waals surface area contributed by atoms with Crippen molar-refractivity contribution in [3.05, 3.63) is 0 Å². The lowest BCUT2D eigenvalue weighted by Crippen LogP contribution is -2.48. The number of carbonyl (C=O) groups is 1. The van der Waals surface area contributed by atoms with Gasteiger partial charge in [-0.3, -0.25) is 4.79 Å².